The standard InChI is InChI=1S/C18H32N2/c1-12(2)17-11-20(18(9-19-17)14-5-6-14)10-16-8-13-3-4-15(16)7-13/h12-19H,3-11H2,1-2H3. The Morgan fingerprint density at radius 2 is 1.85 bits per heavy atom. The van der Waals surface area contributed by atoms with Crippen molar-refractivity contribution in [1.82, 2.24) is 10.2 Å². The van der Waals surface area contributed by atoms with E-state index in [0.717, 1.165) is 41.7 Å². The predicted octanol–water partition coefficient (Wildman–Crippen LogP) is 3.13. The van der Waals surface area contributed by atoms with Gasteiger partial charge < -0.3 is 5.32 Å². The first-order valence-corrected chi connectivity index (χ1v) is 9.18. The number of piperazine rings is 1. The number of hydrogen-bond acceptors (Lipinski definition) is 2. The summed E-state index contributed by atoms with van der Waals surface area (Å²) in [5.41, 5.74) is 0. The maximum Gasteiger partial charge on any atom is 0.0249 e. The smallest absolute Gasteiger partial charge is 0.0249 e. The summed E-state index contributed by atoms with van der Waals surface area (Å²) < 4.78 is 0. The van der Waals surface area contributed by atoms with Crippen molar-refractivity contribution >= 4 is 0 Å². The fourth-order valence-corrected chi connectivity index (χ4v) is 5.36. The first kappa shape index (κ1) is 13.6. The minimum absolute atomic E-state index is 0.726. The Morgan fingerprint density at radius 1 is 1.05 bits per heavy atom. The number of nitrogens with zero attached hydrogens (tertiary/aromatic N) is 1. The first-order chi connectivity index (χ1) is 9.70. The fourth-order valence-electron chi connectivity index (χ4n) is 5.36. The second-order valence-electron chi connectivity index (χ2n) is 8.55. The molecular weight excluding hydrogens is 244 g/mol. The van der Waals surface area contributed by atoms with Gasteiger partial charge in [0.2, 0.25) is 0 Å². The molecule has 4 rings (SSSR count). The number of nitrogens with one attached hydrogen (secondary N) is 1. The third kappa shape index (κ3) is 2.54. The van der Waals surface area contributed by atoms with Gasteiger partial charge in [-0.2, -0.15) is 0 Å². The number of rotatable bonds is 4. The van der Waals surface area contributed by atoms with Crippen molar-refractivity contribution in [2.75, 3.05) is 19.6 Å². The van der Waals surface area contributed by atoms with Gasteiger partial charge >= 0.3 is 0 Å². The van der Waals surface area contributed by atoms with E-state index in [9.17, 15) is 0 Å². The summed E-state index contributed by atoms with van der Waals surface area (Å²) in [5.74, 6) is 5.04. The molecule has 4 fully saturated rings. The maximum absolute atomic E-state index is 3.84. The highest BCUT2D eigenvalue weighted by Gasteiger charge is 2.44. The topological polar surface area (TPSA) is 15.3 Å². The summed E-state index contributed by atoms with van der Waals surface area (Å²) in [4.78, 5) is 2.92. The van der Waals surface area contributed by atoms with Crippen LogP contribution in [0.25, 0.3) is 0 Å². The Labute approximate surface area is 124 Å². The molecule has 1 heterocycles. The molecule has 0 aromatic heterocycles. The molecule has 0 amide bonds. The van der Waals surface area contributed by atoms with E-state index in [0.29, 0.717) is 0 Å². The Kier molecular flexibility index (Phi) is 3.58. The monoisotopic (exact) mass is 276 g/mol. The molecule has 5 atom stereocenters. The molecule has 1 aliphatic heterocycles. The van der Waals surface area contributed by atoms with Crippen molar-refractivity contribution in [3.8, 4) is 0 Å². The lowest BCUT2D eigenvalue weighted by Gasteiger charge is -2.44. The van der Waals surface area contributed by atoms with Gasteiger partial charge in [0.05, 0.1) is 0 Å². The molecule has 5 unspecified atom stereocenters. The normalized spacial score (nSPS) is 45.5. The van der Waals surface area contributed by atoms with Crippen LogP contribution >= 0.6 is 0 Å². The van der Waals surface area contributed by atoms with Crippen molar-refractivity contribution < 1.29 is 0 Å². The van der Waals surface area contributed by atoms with Crippen LogP contribution in [0.4, 0.5) is 0 Å². The van der Waals surface area contributed by atoms with Gasteiger partial charge in [-0.1, -0.05) is 20.3 Å². The highest BCUT2D eigenvalue weighted by atomic mass is 15.2. The largest absolute Gasteiger partial charge is 0.311 e. The molecular formula is C18H32N2. The van der Waals surface area contributed by atoms with Crippen molar-refractivity contribution in [2.45, 2.75) is 64.5 Å². The lowest BCUT2D eigenvalue weighted by atomic mass is 9.87. The molecule has 1 saturated heterocycles. The quantitative estimate of drug-likeness (QED) is 0.848. The van der Waals surface area contributed by atoms with Crippen molar-refractivity contribution in [3.63, 3.8) is 0 Å². The van der Waals surface area contributed by atoms with Crippen LogP contribution in [-0.2, 0) is 0 Å². The van der Waals surface area contributed by atoms with E-state index in [1.54, 1.807) is 25.7 Å². The van der Waals surface area contributed by atoms with E-state index in [-0.39, 0.29) is 0 Å². The molecule has 0 aromatic rings. The molecule has 114 valence electrons. The summed E-state index contributed by atoms with van der Waals surface area (Å²) in [5, 5.41) is 3.84. The van der Waals surface area contributed by atoms with Crippen LogP contribution in [0, 0.1) is 29.6 Å². The van der Waals surface area contributed by atoms with Gasteiger partial charge in [-0.05, 0) is 61.7 Å². The molecule has 3 saturated carbocycles. The van der Waals surface area contributed by atoms with Crippen LogP contribution < -0.4 is 5.32 Å². The lowest BCUT2D eigenvalue weighted by molar-refractivity contribution is 0.0718. The van der Waals surface area contributed by atoms with Gasteiger partial charge in [-0.3, -0.25) is 4.90 Å². The average molecular weight is 276 g/mol. The van der Waals surface area contributed by atoms with Crippen molar-refractivity contribution in [3.05, 3.63) is 0 Å². The van der Waals surface area contributed by atoms with E-state index in [1.807, 2.05) is 0 Å². The zero-order chi connectivity index (χ0) is 13.7. The third-order valence-electron chi connectivity index (χ3n) is 6.81. The van der Waals surface area contributed by atoms with Crippen molar-refractivity contribution in [2.24, 2.45) is 29.6 Å². The van der Waals surface area contributed by atoms with Crippen LogP contribution in [0.2, 0.25) is 0 Å². The fraction of sp³-hybridized carbons (Fsp3) is 1.00. The minimum atomic E-state index is 0.726. The summed E-state index contributed by atoms with van der Waals surface area (Å²) in [6.07, 6.45) is 9.20. The highest BCUT2D eigenvalue weighted by molar-refractivity contribution is 4.98. The molecule has 0 spiro atoms. The SMILES string of the molecule is CC(C)C1CN(CC2CC3CCC2C3)C(C2CC2)CN1. The van der Waals surface area contributed by atoms with Crippen LogP contribution in [0.5, 0.6) is 0 Å². The number of hydrogen-bond donors (Lipinski definition) is 1. The second kappa shape index (κ2) is 5.28. The van der Waals surface area contributed by atoms with E-state index in [4.69, 9.17) is 0 Å². The molecule has 2 nitrogen and oxygen atoms in total. The van der Waals surface area contributed by atoms with Crippen LogP contribution in [0.3, 0.4) is 0 Å². The summed E-state index contributed by atoms with van der Waals surface area (Å²) in [6.45, 7) is 8.75. The predicted molar refractivity (Wildman–Crippen MR) is 83.7 cm³/mol. The van der Waals surface area contributed by atoms with Crippen molar-refractivity contribution in [1.29, 1.82) is 0 Å². The third-order valence-corrected chi connectivity index (χ3v) is 6.81. The van der Waals surface area contributed by atoms with Gasteiger partial charge in [-0.15, -0.1) is 0 Å². The van der Waals surface area contributed by atoms with Crippen LogP contribution in [0.15, 0.2) is 0 Å². The summed E-state index contributed by atoms with van der Waals surface area (Å²) in [6, 6.07) is 1.59. The lowest BCUT2D eigenvalue weighted by Crippen LogP contribution is -2.59. The molecule has 2 bridgehead atoms. The average Bonchev–Trinajstić information content (AvgIpc) is 3.07. The van der Waals surface area contributed by atoms with Crippen LogP contribution in [-0.4, -0.2) is 36.6 Å². The van der Waals surface area contributed by atoms with E-state index in [2.05, 4.69) is 24.1 Å². The Hall–Kier alpha value is -0.0800. The second-order valence-corrected chi connectivity index (χ2v) is 8.55. The Morgan fingerprint density at radius 3 is 2.45 bits per heavy atom. The molecule has 1 N–H and O–H groups in total. The number of fused-ring (bicyclic) bond motifs is 2. The van der Waals surface area contributed by atoms with Gasteiger partial charge in [0.1, 0.15) is 0 Å². The minimum Gasteiger partial charge on any atom is -0.311 e. The van der Waals surface area contributed by atoms with E-state index >= 15 is 0 Å². The Balaban J connectivity index is 1.41. The maximum atomic E-state index is 3.84. The Bertz CT molecular complexity index is 349. The van der Waals surface area contributed by atoms with Gasteiger partial charge in [-0.25, -0.2) is 0 Å². The van der Waals surface area contributed by atoms with E-state index in [1.165, 1.54) is 32.5 Å². The molecule has 4 aliphatic rings. The van der Waals surface area contributed by atoms with Gasteiger partial charge in [0, 0.05) is 31.7 Å². The molecule has 0 radical (unpaired) electrons. The molecule has 2 heteroatoms. The molecule has 3 aliphatic carbocycles. The summed E-state index contributed by atoms with van der Waals surface area (Å²) >= 11 is 0. The zero-order valence-corrected chi connectivity index (χ0v) is 13.4. The van der Waals surface area contributed by atoms with E-state index < -0.39 is 0 Å². The first-order valence-electron chi connectivity index (χ1n) is 9.18. The van der Waals surface area contributed by atoms with Gasteiger partial charge in [0.15, 0.2) is 0 Å². The van der Waals surface area contributed by atoms with Crippen LogP contribution in [0.1, 0.15) is 52.4 Å². The zero-order valence-electron chi connectivity index (χ0n) is 13.4. The molecule has 0 aromatic carbocycles. The highest BCUT2D eigenvalue weighted by Crippen LogP contribution is 2.49. The summed E-state index contributed by atoms with van der Waals surface area (Å²) in [7, 11) is 0. The van der Waals surface area contributed by atoms with Gasteiger partial charge in [0.25, 0.3) is 0 Å². The molecule has 20 heavy (non-hydrogen) atoms.